The molecule has 30 heavy (non-hydrogen) atoms. The summed E-state index contributed by atoms with van der Waals surface area (Å²) in [6, 6.07) is 11.4. The second kappa shape index (κ2) is 9.73. The number of carbonyl (C=O) groups is 2. The lowest BCUT2D eigenvalue weighted by atomic mass is 10.1. The van der Waals surface area contributed by atoms with E-state index in [4.69, 9.17) is 4.74 Å². The van der Waals surface area contributed by atoms with Gasteiger partial charge in [-0.25, -0.2) is 13.1 Å². The van der Waals surface area contributed by atoms with Gasteiger partial charge >= 0.3 is 0 Å². The van der Waals surface area contributed by atoms with Gasteiger partial charge in [-0.2, -0.15) is 0 Å². The molecule has 0 aromatic heterocycles. The van der Waals surface area contributed by atoms with E-state index in [-0.39, 0.29) is 28.0 Å². The van der Waals surface area contributed by atoms with Crippen molar-refractivity contribution in [2.75, 3.05) is 34.8 Å². The van der Waals surface area contributed by atoms with Gasteiger partial charge in [0, 0.05) is 38.3 Å². The Balaban J connectivity index is 2.28. The molecule has 2 aromatic rings. The van der Waals surface area contributed by atoms with Crippen LogP contribution in [0.1, 0.15) is 33.2 Å². The number of rotatable bonds is 8. The first-order valence-corrected chi connectivity index (χ1v) is 10.8. The van der Waals surface area contributed by atoms with E-state index in [0.29, 0.717) is 18.7 Å². The summed E-state index contributed by atoms with van der Waals surface area (Å²) in [6.07, 6.45) is 0. The highest BCUT2D eigenvalue weighted by Crippen LogP contribution is 2.25. The number of amides is 2. The topological polar surface area (TPSA) is 96.0 Å². The van der Waals surface area contributed by atoms with E-state index < -0.39 is 10.0 Å². The molecule has 0 aliphatic rings. The highest BCUT2D eigenvalue weighted by molar-refractivity contribution is 7.89. The second-order valence-corrected chi connectivity index (χ2v) is 8.64. The average Bonchev–Trinajstić information content (AvgIpc) is 2.76. The van der Waals surface area contributed by atoms with E-state index in [0.717, 1.165) is 5.56 Å². The van der Waals surface area contributed by atoms with E-state index >= 15 is 0 Å². The minimum Gasteiger partial charge on any atom is -0.495 e. The quantitative estimate of drug-likeness (QED) is 0.687. The maximum atomic E-state index is 13.0. The number of hydrogen-bond donors (Lipinski definition) is 1. The number of carbonyl (C=O) groups excluding carboxylic acids is 2. The second-order valence-electron chi connectivity index (χ2n) is 6.79. The van der Waals surface area contributed by atoms with Crippen molar-refractivity contribution in [2.45, 2.75) is 18.4 Å². The molecule has 0 bridgehead atoms. The van der Waals surface area contributed by atoms with Crippen LogP contribution in [0.4, 0.5) is 0 Å². The van der Waals surface area contributed by atoms with Crippen LogP contribution in [0.2, 0.25) is 0 Å². The Bertz CT molecular complexity index is 1020. The monoisotopic (exact) mass is 433 g/mol. The lowest BCUT2D eigenvalue weighted by molar-refractivity contribution is 0.0751. The predicted molar refractivity (Wildman–Crippen MR) is 114 cm³/mol. The zero-order valence-electron chi connectivity index (χ0n) is 17.8. The van der Waals surface area contributed by atoms with Crippen molar-refractivity contribution in [3.63, 3.8) is 0 Å². The van der Waals surface area contributed by atoms with Gasteiger partial charge < -0.3 is 14.5 Å². The van der Waals surface area contributed by atoms with E-state index in [9.17, 15) is 18.0 Å². The third-order valence-corrected chi connectivity index (χ3v) is 6.05. The van der Waals surface area contributed by atoms with Gasteiger partial charge in [0.1, 0.15) is 10.6 Å². The maximum Gasteiger partial charge on any atom is 0.254 e. The van der Waals surface area contributed by atoms with Crippen molar-refractivity contribution >= 4 is 21.8 Å². The summed E-state index contributed by atoms with van der Waals surface area (Å²) in [5, 5.41) is 0. The fourth-order valence-electron chi connectivity index (χ4n) is 2.87. The first-order valence-electron chi connectivity index (χ1n) is 9.36. The van der Waals surface area contributed by atoms with Gasteiger partial charge in [0.05, 0.1) is 7.11 Å². The highest BCUT2D eigenvalue weighted by Gasteiger charge is 2.22. The van der Waals surface area contributed by atoms with Gasteiger partial charge in [-0.15, -0.1) is 0 Å². The van der Waals surface area contributed by atoms with Gasteiger partial charge in [-0.05, 0) is 49.9 Å². The largest absolute Gasteiger partial charge is 0.495 e. The standard InChI is InChI=1S/C21H27N3O5S/c1-6-24(14-15-7-9-16(10-8-15)20(25)23(3)4)21(26)17-11-12-18(29-5)19(13-17)30(27,28)22-2/h7-13,22H,6,14H2,1-5H3. The Hall–Kier alpha value is -2.91. The SMILES string of the molecule is CCN(Cc1ccc(C(=O)N(C)C)cc1)C(=O)c1ccc(OC)c(S(=O)(=O)NC)c1. The van der Waals surface area contributed by atoms with Crippen molar-refractivity contribution < 1.29 is 22.7 Å². The van der Waals surface area contributed by atoms with E-state index in [1.807, 2.05) is 6.92 Å². The van der Waals surface area contributed by atoms with Gasteiger partial charge in [0.15, 0.2) is 0 Å². The molecule has 162 valence electrons. The lowest BCUT2D eigenvalue weighted by Crippen LogP contribution is -2.30. The Labute approximate surface area is 177 Å². The normalized spacial score (nSPS) is 11.1. The van der Waals surface area contributed by atoms with Gasteiger partial charge in [-0.1, -0.05) is 12.1 Å². The van der Waals surface area contributed by atoms with Crippen molar-refractivity contribution in [2.24, 2.45) is 0 Å². The van der Waals surface area contributed by atoms with Crippen LogP contribution in [0.15, 0.2) is 47.4 Å². The molecule has 2 amide bonds. The molecule has 0 heterocycles. The van der Waals surface area contributed by atoms with Gasteiger partial charge in [0.25, 0.3) is 11.8 Å². The van der Waals surface area contributed by atoms with Crippen LogP contribution in [-0.4, -0.2) is 64.8 Å². The Morgan fingerprint density at radius 1 is 1.00 bits per heavy atom. The van der Waals surface area contributed by atoms with Crippen LogP contribution < -0.4 is 9.46 Å². The van der Waals surface area contributed by atoms with Crippen molar-refractivity contribution in [1.82, 2.24) is 14.5 Å². The molecule has 0 saturated heterocycles. The molecule has 1 N–H and O–H groups in total. The van der Waals surface area contributed by atoms with Crippen molar-refractivity contribution in [1.29, 1.82) is 0 Å². The smallest absolute Gasteiger partial charge is 0.254 e. The summed E-state index contributed by atoms with van der Waals surface area (Å²) in [5.41, 5.74) is 1.66. The molecule has 0 fully saturated rings. The minimum atomic E-state index is -3.79. The zero-order chi connectivity index (χ0) is 22.5. The summed E-state index contributed by atoms with van der Waals surface area (Å²) in [5.74, 6) is -0.243. The Morgan fingerprint density at radius 2 is 1.60 bits per heavy atom. The molecule has 2 rings (SSSR count). The summed E-state index contributed by atoms with van der Waals surface area (Å²) in [6.45, 7) is 2.60. The van der Waals surface area contributed by atoms with Crippen LogP contribution >= 0.6 is 0 Å². The molecular formula is C21H27N3O5S. The number of ether oxygens (including phenoxy) is 1. The van der Waals surface area contributed by atoms with Gasteiger partial charge in [0.2, 0.25) is 10.0 Å². The molecule has 2 aromatic carbocycles. The lowest BCUT2D eigenvalue weighted by Gasteiger charge is -2.22. The Morgan fingerprint density at radius 3 is 2.10 bits per heavy atom. The number of nitrogens with one attached hydrogen (secondary N) is 1. The fourth-order valence-corrected chi connectivity index (χ4v) is 3.79. The molecule has 9 heteroatoms. The maximum absolute atomic E-state index is 13.0. The van der Waals surface area contributed by atoms with Crippen LogP contribution in [-0.2, 0) is 16.6 Å². The molecule has 0 spiro atoms. The van der Waals surface area contributed by atoms with Crippen LogP contribution in [0, 0.1) is 0 Å². The molecule has 0 unspecified atom stereocenters. The van der Waals surface area contributed by atoms with Crippen LogP contribution in [0.5, 0.6) is 5.75 Å². The minimum absolute atomic E-state index is 0.0959. The zero-order valence-corrected chi connectivity index (χ0v) is 18.6. The number of methoxy groups -OCH3 is 1. The number of sulfonamides is 1. The number of benzene rings is 2. The van der Waals surface area contributed by atoms with Crippen LogP contribution in [0.3, 0.4) is 0 Å². The number of hydrogen-bond acceptors (Lipinski definition) is 5. The third kappa shape index (κ3) is 5.17. The molecule has 8 nitrogen and oxygen atoms in total. The third-order valence-electron chi connectivity index (χ3n) is 4.62. The molecule has 0 aliphatic carbocycles. The molecule has 0 saturated carbocycles. The molecule has 0 radical (unpaired) electrons. The predicted octanol–water partition coefficient (Wildman–Crippen LogP) is 1.97. The van der Waals surface area contributed by atoms with E-state index in [1.54, 1.807) is 43.3 Å². The molecular weight excluding hydrogens is 406 g/mol. The summed E-state index contributed by atoms with van der Waals surface area (Å²) < 4.78 is 31.9. The van der Waals surface area contributed by atoms with Crippen LogP contribution in [0.25, 0.3) is 0 Å². The summed E-state index contributed by atoms with van der Waals surface area (Å²) in [4.78, 5) is 28.0. The number of nitrogens with zero attached hydrogens (tertiary/aromatic N) is 2. The molecule has 0 aliphatic heterocycles. The summed E-state index contributed by atoms with van der Waals surface area (Å²) in [7, 11) is 2.25. The van der Waals surface area contributed by atoms with E-state index in [1.165, 1.54) is 37.3 Å². The first-order chi connectivity index (χ1) is 14.1. The van der Waals surface area contributed by atoms with Gasteiger partial charge in [-0.3, -0.25) is 9.59 Å². The van der Waals surface area contributed by atoms with Crippen molar-refractivity contribution in [3.05, 3.63) is 59.2 Å². The van der Waals surface area contributed by atoms with E-state index in [2.05, 4.69) is 4.72 Å². The van der Waals surface area contributed by atoms with Crippen molar-refractivity contribution in [3.8, 4) is 5.75 Å². The Kier molecular flexibility index (Phi) is 7.58. The summed E-state index contributed by atoms with van der Waals surface area (Å²) >= 11 is 0. The molecule has 0 atom stereocenters. The highest BCUT2D eigenvalue weighted by atomic mass is 32.2. The fraction of sp³-hybridized carbons (Fsp3) is 0.333. The average molecular weight is 434 g/mol. The first kappa shape index (κ1) is 23.4.